The highest BCUT2D eigenvalue weighted by molar-refractivity contribution is 5.85. The van der Waals surface area contributed by atoms with Crippen LogP contribution in [0.5, 0.6) is 0 Å². The van der Waals surface area contributed by atoms with Crippen molar-refractivity contribution in [2.45, 2.75) is 32.6 Å². The van der Waals surface area contributed by atoms with Crippen LogP contribution in [0.4, 0.5) is 10.8 Å². The van der Waals surface area contributed by atoms with Crippen LogP contribution in [0.3, 0.4) is 0 Å². The molecule has 9 heteroatoms. The van der Waals surface area contributed by atoms with Crippen LogP contribution in [-0.4, -0.2) is 78.8 Å². The van der Waals surface area contributed by atoms with Crippen molar-refractivity contribution in [2.75, 3.05) is 51.7 Å². The first-order chi connectivity index (χ1) is 13.4. The van der Waals surface area contributed by atoms with Gasteiger partial charge in [-0.25, -0.2) is 4.79 Å². The molecule has 3 amide bonds. The number of amides is 3. The zero-order chi connectivity index (χ0) is 19.9. The van der Waals surface area contributed by atoms with Crippen molar-refractivity contribution in [3.63, 3.8) is 0 Å². The third kappa shape index (κ3) is 3.54. The fourth-order valence-electron chi connectivity index (χ4n) is 4.56. The number of hydrogen-bond donors (Lipinski definition) is 1. The number of carbonyl (C=O) groups is 2. The molecular formula is C19H30N6O3. The molecule has 4 rings (SSSR count). The van der Waals surface area contributed by atoms with E-state index in [1.165, 1.54) is 12.8 Å². The molecule has 0 bridgehead atoms. The lowest BCUT2D eigenvalue weighted by atomic mass is 9.74. The number of rotatable bonds is 4. The van der Waals surface area contributed by atoms with E-state index in [1.807, 2.05) is 9.80 Å². The first kappa shape index (κ1) is 19.0. The Hall–Kier alpha value is -2.32. The standard InChI is InChI=1S/C19H30N6O3/c1-13-21-22-17(28-13)25-11-15-10-24(18(27)23(2)3)8-4-7-19(15,12-25)16(26)20-9-14-5-6-14/h14-15H,4-12H2,1-3H3,(H,20,26)/t15-,19-/m1/s1. The Kier molecular flexibility index (Phi) is 4.93. The summed E-state index contributed by atoms with van der Waals surface area (Å²) in [5, 5.41) is 11.3. The van der Waals surface area contributed by atoms with Crippen molar-refractivity contribution in [3.8, 4) is 0 Å². The summed E-state index contributed by atoms with van der Waals surface area (Å²) in [6.07, 6.45) is 3.98. The van der Waals surface area contributed by atoms with E-state index in [0.717, 1.165) is 19.4 Å². The van der Waals surface area contributed by atoms with Gasteiger partial charge in [0, 0.05) is 59.7 Å². The second-order valence-electron chi connectivity index (χ2n) is 8.72. The molecule has 2 saturated heterocycles. The van der Waals surface area contributed by atoms with Crippen LogP contribution in [0.1, 0.15) is 31.6 Å². The second-order valence-corrected chi connectivity index (χ2v) is 8.72. The number of aryl methyl sites for hydroxylation is 1. The van der Waals surface area contributed by atoms with Gasteiger partial charge in [-0.3, -0.25) is 4.79 Å². The van der Waals surface area contributed by atoms with E-state index in [-0.39, 0.29) is 17.9 Å². The van der Waals surface area contributed by atoms with Crippen molar-refractivity contribution in [1.29, 1.82) is 0 Å². The van der Waals surface area contributed by atoms with Gasteiger partial charge in [0.2, 0.25) is 11.8 Å². The number of carbonyl (C=O) groups excluding carboxylic acids is 2. The molecule has 0 spiro atoms. The number of urea groups is 1. The molecule has 1 aromatic rings. The van der Waals surface area contributed by atoms with Crippen LogP contribution in [0, 0.1) is 24.2 Å². The molecule has 3 fully saturated rings. The summed E-state index contributed by atoms with van der Waals surface area (Å²) in [6.45, 7) is 4.96. The second kappa shape index (κ2) is 7.25. The average Bonchev–Trinajstić information content (AvgIpc) is 3.33. The Bertz CT molecular complexity index is 746. The third-order valence-electron chi connectivity index (χ3n) is 6.33. The Morgan fingerprint density at radius 3 is 2.71 bits per heavy atom. The first-order valence-electron chi connectivity index (χ1n) is 10.2. The minimum absolute atomic E-state index is 0.00118. The number of hydrogen-bond acceptors (Lipinski definition) is 6. The maximum atomic E-state index is 13.4. The number of aromatic nitrogens is 2. The van der Waals surface area contributed by atoms with E-state index < -0.39 is 5.41 Å². The molecule has 1 aliphatic carbocycles. The minimum Gasteiger partial charge on any atom is -0.408 e. The summed E-state index contributed by atoms with van der Waals surface area (Å²) < 4.78 is 5.63. The summed E-state index contributed by atoms with van der Waals surface area (Å²) in [4.78, 5) is 31.5. The van der Waals surface area contributed by atoms with E-state index in [2.05, 4.69) is 15.5 Å². The van der Waals surface area contributed by atoms with E-state index in [1.54, 1.807) is 25.9 Å². The topological polar surface area (TPSA) is 94.8 Å². The van der Waals surface area contributed by atoms with Gasteiger partial charge in [0.1, 0.15) is 0 Å². The summed E-state index contributed by atoms with van der Waals surface area (Å²) >= 11 is 0. The maximum Gasteiger partial charge on any atom is 0.319 e. The van der Waals surface area contributed by atoms with Gasteiger partial charge in [-0.1, -0.05) is 5.10 Å². The number of fused-ring (bicyclic) bond motifs is 1. The van der Waals surface area contributed by atoms with Gasteiger partial charge in [0.15, 0.2) is 0 Å². The van der Waals surface area contributed by atoms with Crippen molar-refractivity contribution >= 4 is 18.0 Å². The normalized spacial score (nSPS) is 27.3. The van der Waals surface area contributed by atoms with Crippen molar-refractivity contribution in [1.82, 2.24) is 25.3 Å². The zero-order valence-electron chi connectivity index (χ0n) is 17.0. The van der Waals surface area contributed by atoms with Crippen LogP contribution in [0.15, 0.2) is 4.42 Å². The predicted molar refractivity (Wildman–Crippen MR) is 103 cm³/mol. The van der Waals surface area contributed by atoms with E-state index in [0.29, 0.717) is 44.0 Å². The summed E-state index contributed by atoms with van der Waals surface area (Å²) in [5.74, 6) is 1.29. The van der Waals surface area contributed by atoms with Gasteiger partial charge in [-0.2, -0.15) is 0 Å². The number of nitrogens with one attached hydrogen (secondary N) is 1. The van der Waals surface area contributed by atoms with Gasteiger partial charge >= 0.3 is 12.0 Å². The van der Waals surface area contributed by atoms with Gasteiger partial charge in [0.05, 0.1) is 5.41 Å². The molecule has 1 aromatic heterocycles. The zero-order valence-corrected chi connectivity index (χ0v) is 17.0. The fraction of sp³-hybridized carbons (Fsp3) is 0.789. The smallest absolute Gasteiger partial charge is 0.319 e. The molecule has 2 atom stereocenters. The Labute approximate surface area is 165 Å². The number of likely N-dealkylation sites (tertiary alicyclic amines) is 1. The molecule has 3 heterocycles. The summed E-state index contributed by atoms with van der Waals surface area (Å²) in [5.41, 5.74) is -0.529. The maximum absolute atomic E-state index is 13.4. The molecule has 0 unspecified atom stereocenters. The lowest BCUT2D eigenvalue weighted by Gasteiger charge is -2.32. The first-order valence-corrected chi connectivity index (χ1v) is 10.2. The lowest BCUT2D eigenvalue weighted by molar-refractivity contribution is -0.132. The monoisotopic (exact) mass is 390 g/mol. The van der Waals surface area contributed by atoms with Gasteiger partial charge in [-0.05, 0) is 31.6 Å². The van der Waals surface area contributed by atoms with Gasteiger partial charge in [0.25, 0.3) is 0 Å². The SMILES string of the molecule is Cc1nnc(N2C[C@H]3CN(C(=O)N(C)C)CCC[C@@]3(C(=O)NCC3CC3)C2)o1. The van der Waals surface area contributed by atoms with Crippen molar-refractivity contribution < 1.29 is 14.0 Å². The number of nitrogens with zero attached hydrogens (tertiary/aromatic N) is 5. The lowest BCUT2D eigenvalue weighted by Crippen LogP contribution is -2.49. The fourth-order valence-corrected chi connectivity index (χ4v) is 4.56. The van der Waals surface area contributed by atoms with Crippen LogP contribution in [0.2, 0.25) is 0 Å². The molecule has 28 heavy (non-hydrogen) atoms. The molecule has 0 radical (unpaired) electrons. The van der Waals surface area contributed by atoms with Crippen molar-refractivity contribution in [2.24, 2.45) is 17.3 Å². The van der Waals surface area contributed by atoms with E-state index >= 15 is 0 Å². The van der Waals surface area contributed by atoms with Crippen LogP contribution < -0.4 is 10.2 Å². The molecule has 1 N–H and O–H groups in total. The Balaban J connectivity index is 1.58. The molecular weight excluding hydrogens is 360 g/mol. The van der Waals surface area contributed by atoms with E-state index in [4.69, 9.17) is 4.42 Å². The molecule has 2 aliphatic heterocycles. The minimum atomic E-state index is -0.529. The largest absolute Gasteiger partial charge is 0.408 e. The van der Waals surface area contributed by atoms with Crippen LogP contribution in [0.25, 0.3) is 0 Å². The van der Waals surface area contributed by atoms with Crippen LogP contribution >= 0.6 is 0 Å². The summed E-state index contributed by atoms with van der Waals surface area (Å²) in [7, 11) is 3.54. The van der Waals surface area contributed by atoms with Crippen molar-refractivity contribution in [3.05, 3.63) is 5.89 Å². The highest BCUT2D eigenvalue weighted by atomic mass is 16.4. The molecule has 1 saturated carbocycles. The quantitative estimate of drug-likeness (QED) is 0.827. The number of anilines is 1. The third-order valence-corrected chi connectivity index (χ3v) is 6.33. The average molecular weight is 390 g/mol. The predicted octanol–water partition coefficient (Wildman–Crippen LogP) is 1.10. The molecule has 9 nitrogen and oxygen atoms in total. The Morgan fingerprint density at radius 2 is 2.07 bits per heavy atom. The van der Waals surface area contributed by atoms with Gasteiger partial charge in [-0.15, -0.1) is 5.10 Å². The highest BCUT2D eigenvalue weighted by Gasteiger charge is 2.54. The van der Waals surface area contributed by atoms with Crippen LogP contribution in [-0.2, 0) is 4.79 Å². The molecule has 3 aliphatic rings. The Morgan fingerprint density at radius 1 is 1.29 bits per heavy atom. The highest BCUT2D eigenvalue weighted by Crippen LogP contribution is 2.44. The van der Waals surface area contributed by atoms with Gasteiger partial charge < -0.3 is 24.4 Å². The molecule has 0 aromatic carbocycles. The summed E-state index contributed by atoms with van der Waals surface area (Å²) in [6, 6.07) is 0.465. The van der Waals surface area contributed by atoms with E-state index in [9.17, 15) is 9.59 Å². The molecule has 154 valence electrons.